The topological polar surface area (TPSA) is 43.4 Å². The Kier molecular flexibility index (Phi) is 2.02. The summed E-state index contributed by atoms with van der Waals surface area (Å²) in [6.45, 7) is 1.51. The fourth-order valence-electron chi connectivity index (χ4n) is 2.35. The molecule has 0 aromatic rings. The van der Waals surface area contributed by atoms with Crippen LogP contribution in [0.25, 0.3) is 0 Å². The molecule has 2 bridgehead atoms. The molecule has 2 atom stereocenters. The molecule has 0 aromatic carbocycles. The van der Waals surface area contributed by atoms with Gasteiger partial charge in [-0.3, -0.25) is 4.79 Å². The summed E-state index contributed by atoms with van der Waals surface area (Å²) in [6, 6.07) is 0. The van der Waals surface area contributed by atoms with E-state index in [1.807, 2.05) is 12.2 Å². The van der Waals surface area contributed by atoms with Crippen molar-refractivity contribution in [3.8, 4) is 0 Å². The summed E-state index contributed by atoms with van der Waals surface area (Å²) in [5.41, 5.74) is 1.23. The van der Waals surface area contributed by atoms with Crippen LogP contribution in [-0.4, -0.2) is 18.9 Å². The molecule has 2 aliphatic rings. The number of rotatable bonds is 2. The normalized spacial score (nSPS) is 28.4. The van der Waals surface area contributed by atoms with E-state index in [1.54, 1.807) is 0 Å². The zero-order valence-electron chi connectivity index (χ0n) is 8.24. The fraction of sp³-hybridized carbons (Fsp3) is 0.455. The molecule has 2 aliphatic carbocycles. The first kappa shape index (κ1) is 9.19. The Bertz CT molecular complexity index is 363. The van der Waals surface area contributed by atoms with Crippen molar-refractivity contribution < 1.29 is 14.3 Å². The van der Waals surface area contributed by atoms with Crippen molar-refractivity contribution >= 4 is 11.8 Å². The highest BCUT2D eigenvalue weighted by atomic mass is 16.5. The molecule has 0 aromatic heterocycles. The maximum absolute atomic E-state index is 11.5. The molecule has 0 unspecified atom stereocenters. The van der Waals surface area contributed by atoms with Gasteiger partial charge in [0.2, 0.25) is 0 Å². The van der Waals surface area contributed by atoms with E-state index in [4.69, 9.17) is 0 Å². The van der Waals surface area contributed by atoms with Crippen molar-refractivity contribution in [2.45, 2.75) is 13.3 Å². The quantitative estimate of drug-likeness (QED) is 0.488. The molecule has 3 heteroatoms. The first-order chi connectivity index (χ1) is 6.65. The van der Waals surface area contributed by atoms with E-state index in [-0.39, 0.29) is 23.6 Å². The number of ketones is 1. The second kappa shape index (κ2) is 3.08. The first-order valence-electron chi connectivity index (χ1n) is 4.66. The van der Waals surface area contributed by atoms with Crippen LogP contribution in [0.5, 0.6) is 0 Å². The van der Waals surface area contributed by atoms with Crippen LogP contribution in [0, 0.1) is 11.8 Å². The summed E-state index contributed by atoms with van der Waals surface area (Å²) in [6.07, 6.45) is 4.86. The predicted octanol–water partition coefficient (Wildman–Crippen LogP) is 1.25. The lowest BCUT2D eigenvalue weighted by molar-refractivity contribution is -0.136. The van der Waals surface area contributed by atoms with Crippen molar-refractivity contribution in [1.29, 1.82) is 0 Å². The number of Topliss-reactive ketones (excluding diaryl/α,β-unsaturated/α-hetero) is 1. The van der Waals surface area contributed by atoms with Crippen LogP contribution in [0.3, 0.4) is 0 Å². The summed E-state index contributed by atoms with van der Waals surface area (Å²) in [5, 5.41) is 0. The largest absolute Gasteiger partial charge is 0.466 e. The van der Waals surface area contributed by atoms with E-state index in [1.165, 1.54) is 14.0 Å². The van der Waals surface area contributed by atoms with E-state index < -0.39 is 0 Å². The molecule has 0 fully saturated rings. The molecule has 2 rings (SSSR count). The number of ether oxygens (including phenoxy) is 1. The second-order valence-corrected chi connectivity index (χ2v) is 3.71. The van der Waals surface area contributed by atoms with Gasteiger partial charge in [0.05, 0.1) is 12.7 Å². The summed E-state index contributed by atoms with van der Waals surface area (Å²) < 4.78 is 4.68. The summed E-state index contributed by atoms with van der Waals surface area (Å²) >= 11 is 0. The smallest absolute Gasteiger partial charge is 0.334 e. The van der Waals surface area contributed by atoms with Gasteiger partial charge >= 0.3 is 5.97 Å². The highest BCUT2D eigenvalue weighted by molar-refractivity contribution is 6.05. The zero-order chi connectivity index (χ0) is 10.3. The third-order valence-electron chi connectivity index (χ3n) is 2.90. The highest BCUT2D eigenvalue weighted by Crippen LogP contribution is 2.44. The second-order valence-electron chi connectivity index (χ2n) is 3.71. The minimum absolute atomic E-state index is 0.0118. The van der Waals surface area contributed by atoms with Gasteiger partial charge in [0.25, 0.3) is 0 Å². The third-order valence-corrected chi connectivity index (χ3v) is 2.90. The fourth-order valence-corrected chi connectivity index (χ4v) is 2.35. The molecule has 0 spiro atoms. The van der Waals surface area contributed by atoms with Crippen molar-refractivity contribution in [3.05, 3.63) is 23.3 Å². The Hall–Kier alpha value is -1.38. The maximum Gasteiger partial charge on any atom is 0.334 e. The standard InChI is InChI=1S/C11H12O3/c1-6(12)9-7-3-4-8(5-7)10(9)11(13)14-2/h3-4,7-8H,5H2,1-2H3/t7-,8+/m0/s1. The number of esters is 1. The van der Waals surface area contributed by atoms with Crippen molar-refractivity contribution in [2.24, 2.45) is 11.8 Å². The van der Waals surface area contributed by atoms with Crippen molar-refractivity contribution in [2.75, 3.05) is 7.11 Å². The van der Waals surface area contributed by atoms with Gasteiger partial charge in [-0.05, 0) is 13.3 Å². The lowest BCUT2D eigenvalue weighted by Gasteiger charge is -2.11. The van der Waals surface area contributed by atoms with Gasteiger partial charge in [0.15, 0.2) is 5.78 Å². The minimum atomic E-state index is -0.355. The summed E-state index contributed by atoms with van der Waals surface area (Å²) in [5.74, 6) is -0.118. The zero-order valence-corrected chi connectivity index (χ0v) is 8.24. The van der Waals surface area contributed by atoms with Crippen LogP contribution >= 0.6 is 0 Å². The average molecular weight is 192 g/mol. The number of carbonyl (C=O) groups excluding carboxylic acids is 2. The van der Waals surface area contributed by atoms with Crippen LogP contribution in [0.4, 0.5) is 0 Å². The average Bonchev–Trinajstić information content (AvgIpc) is 2.74. The molecule has 0 radical (unpaired) electrons. The van der Waals surface area contributed by atoms with Crippen LogP contribution in [-0.2, 0) is 14.3 Å². The molecule has 14 heavy (non-hydrogen) atoms. The molecule has 0 N–H and O–H groups in total. The predicted molar refractivity (Wildman–Crippen MR) is 50.5 cm³/mol. The van der Waals surface area contributed by atoms with Crippen LogP contribution < -0.4 is 0 Å². The molecular formula is C11H12O3. The van der Waals surface area contributed by atoms with E-state index in [9.17, 15) is 9.59 Å². The minimum Gasteiger partial charge on any atom is -0.466 e. The molecule has 74 valence electrons. The monoisotopic (exact) mass is 192 g/mol. The number of fused-ring (bicyclic) bond motifs is 2. The molecule has 0 saturated carbocycles. The maximum atomic E-state index is 11.5. The van der Waals surface area contributed by atoms with Crippen molar-refractivity contribution in [1.82, 2.24) is 0 Å². The van der Waals surface area contributed by atoms with Gasteiger partial charge in [-0.15, -0.1) is 0 Å². The van der Waals surface area contributed by atoms with E-state index in [2.05, 4.69) is 4.74 Å². The lowest BCUT2D eigenvalue weighted by Crippen LogP contribution is -2.15. The van der Waals surface area contributed by atoms with Crippen molar-refractivity contribution in [3.63, 3.8) is 0 Å². The highest BCUT2D eigenvalue weighted by Gasteiger charge is 2.40. The number of hydrogen-bond donors (Lipinski definition) is 0. The van der Waals surface area contributed by atoms with Crippen LogP contribution in [0.2, 0.25) is 0 Å². The Morgan fingerprint density at radius 1 is 1.29 bits per heavy atom. The van der Waals surface area contributed by atoms with Crippen LogP contribution in [0.1, 0.15) is 13.3 Å². The van der Waals surface area contributed by atoms with Gasteiger partial charge in [-0.1, -0.05) is 12.2 Å². The molecule has 0 saturated heterocycles. The number of carbonyl (C=O) groups is 2. The Balaban J connectivity index is 2.43. The van der Waals surface area contributed by atoms with Gasteiger partial charge in [0.1, 0.15) is 0 Å². The van der Waals surface area contributed by atoms with E-state index in [0.29, 0.717) is 11.1 Å². The lowest BCUT2D eigenvalue weighted by atomic mass is 9.94. The van der Waals surface area contributed by atoms with Crippen LogP contribution in [0.15, 0.2) is 23.3 Å². The Labute approximate surface area is 82.4 Å². The van der Waals surface area contributed by atoms with Gasteiger partial charge in [-0.2, -0.15) is 0 Å². The molecular weight excluding hydrogens is 180 g/mol. The SMILES string of the molecule is COC(=O)C1=C(C(C)=O)[C@H]2C=C[C@@H]1C2. The molecule has 3 nitrogen and oxygen atoms in total. The number of hydrogen-bond acceptors (Lipinski definition) is 3. The molecule has 0 amide bonds. The van der Waals surface area contributed by atoms with Gasteiger partial charge < -0.3 is 4.74 Å². The Morgan fingerprint density at radius 2 is 1.86 bits per heavy atom. The van der Waals surface area contributed by atoms with E-state index >= 15 is 0 Å². The van der Waals surface area contributed by atoms with Gasteiger partial charge in [-0.25, -0.2) is 4.79 Å². The molecule has 0 aliphatic heterocycles. The summed E-state index contributed by atoms with van der Waals surface area (Å²) in [4.78, 5) is 22.8. The number of allylic oxidation sites excluding steroid dienone is 3. The van der Waals surface area contributed by atoms with E-state index in [0.717, 1.165) is 6.42 Å². The summed E-state index contributed by atoms with van der Waals surface area (Å²) in [7, 11) is 1.35. The molecule has 0 heterocycles. The third kappa shape index (κ3) is 1.12. The first-order valence-corrected chi connectivity index (χ1v) is 4.66. The number of methoxy groups -OCH3 is 1. The van der Waals surface area contributed by atoms with Gasteiger partial charge in [0, 0.05) is 17.4 Å². The Morgan fingerprint density at radius 3 is 2.36 bits per heavy atom.